The number of fused-ring (bicyclic) bond motifs is 1. The van der Waals surface area contributed by atoms with Crippen LogP contribution in [0.1, 0.15) is 25.8 Å². The van der Waals surface area contributed by atoms with E-state index in [-0.39, 0.29) is 0 Å². The van der Waals surface area contributed by atoms with Crippen molar-refractivity contribution < 1.29 is 0 Å². The average molecular weight is 217 g/mol. The summed E-state index contributed by atoms with van der Waals surface area (Å²) in [5, 5.41) is 5.41. The van der Waals surface area contributed by atoms with Gasteiger partial charge in [0.2, 0.25) is 0 Å². The fourth-order valence-corrected chi connectivity index (χ4v) is 2.15. The zero-order valence-corrected chi connectivity index (χ0v) is 9.22. The number of nitrogens with zero attached hydrogens (tertiary/aromatic N) is 3. The Bertz CT molecular complexity index is 514. The van der Waals surface area contributed by atoms with E-state index in [4.69, 9.17) is 5.84 Å². The fraction of sp³-hybridized carbons (Fsp3) is 0.455. The Hall–Kier alpha value is -1.62. The molecule has 0 bridgehead atoms. The molecule has 3 rings (SSSR count). The van der Waals surface area contributed by atoms with Gasteiger partial charge < -0.3 is 5.43 Å². The Morgan fingerprint density at radius 3 is 3.06 bits per heavy atom. The first-order chi connectivity index (χ1) is 7.81. The second-order valence-electron chi connectivity index (χ2n) is 4.41. The number of nitrogens with two attached hydrogens (primary N) is 1. The Labute approximate surface area is 93.6 Å². The Kier molecular flexibility index (Phi) is 2.07. The lowest BCUT2D eigenvalue weighted by molar-refractivity contribution is 0.451. The summed E-state index contributed by atoms with van der Waals surface area (Å²) in [6, 6.07) is 2.29. The molecule has 1 atom stereocenters. The zero-order valence-electron chi connectivity index (χ0n) is 9.22. The van der Waals surface area contributed by atoms with Crippen LogP contribution in [0.2, 0.25) is 0 Å². The topological polar surface area (TPSA) is 68.8 Å². The van der Waals surface area contributed by atoms with Crippen LogP contribution in [0.25, 0.3) is 11.0 Å². The highest BCUT2D eigenvalue weighted by molar-refractivity contribution is 5.88. The summed E-state index contributed by atoms with van der Waals surface area (Å²) in [7, 11) is 0. The van der Waals surface area contributed by atoms with E-state index in [1.807, 2.05) is 16.9 Å². The van der Waals surface area contributed by atoms with Gasteiger partial charge in [-0.1, -0.05) is 0 Å². The van der Waals surface area contributed by atoms with Gasteiger partial charge in [0, 0.05) is 6.20 Å². The third-order valence-electron chi connectivity index (χ3n) is 3.34. The molecule has 3 N–H and O–H groups in total. The number of rotatable bonds is 3. The van der Waals surface area contributed by atoms with Crippen molar-refractivity contribution in [2.24, 2.45) is 11.8 Å². The molecule has 1 aliphatic carbocycles. The van der Waals surface area contributed by atoms with Crippen molar-refractivity contribution in [3.05, 3.63) is 18.5 Å². The molecule has 0 aliphatic heterocycles. The minimum atomic E-state index is 0.429. The van der Waals surface area contributed by atoms with E-state index in [1.54, 1.807) is 6.20 Å². The smallest absolute Gasteiger partial charge is 0.160 e. The second kappa shape index (κ2) is 3.45. The van der Waals surface area contributed by atoms with E-state index in [0.717, 1.165) is 22.6 Å². The highest BCUT2D eigenvalue weighted by atomic mass is 15.3. The van der Waals surface area contributed by atoms with E-state index in [9.17, 15) is 0 Å². The van der Waals surface area contributed by atoms with Gasteiger partial charge in [0.15, 0.2) is 5.65 Å². The van der Waals surface area contributed by atoms with Crippen LogP contribution in [-0.2, 0) is 0 Å². The van der Waals surface area contributed by atoms with E-state index in [2.05, 4.69) is 22.4 Å². The van der Waals surface area contributed by atoms with Crippen molar-refractivity contribution in [2.75, 3.05) is 5.43 Å². The summed E-state index contributed by atoms with van der Waals surface area (Å²) in [6.07, 6.45) is 6.19. The van der Waals surface area contributed by atoms with Gasteiger partial charge in [-0.15, -0.1) is 0 Å². The Morgan fingerprint density at radius 1 is 1.56 bits per heavy atom. The number of nitrogens with one attached hydrogen (secondary N) is 1. The first kappa shape index (κ1) is 9.59. The van der Waals surface area contributed by atoms with Crippen molar-refractivity contribution >= 4 is 16.7 Å². The van der Waals surface area contributed by atoms with Crippen LogP contribution in [0.3, 0.4) is 0 Å². The molecule has 1 aliphatic rings. The summed E-state index contributed by atoms with van der Waals surface area (Å²) in [4.78, 5) is 4.39. The summed E-state index contributed by atoms with van der Waals surface area (Å²) in [5.41, 5.74) is 4.46. The summed E-state index contributed by atoms with van der Waals surface area (Å²) >= 11 is 0. The van der Waals surface area contributed by atoms with Gasteiger partial charge in [0.1, 0.15) is 0 Å². The van der Waals surface area contributed by atoms with Crippen molar-refractivity contribution in [3.63, 3.8) is 0 Å². The molecular weight excluding hydrogens is 202 g/mol. The van der Waals surface area contributed by atoms with Gasteiger partial charge >= 0.3 is 0 Å². The van der Waals surface area contributed by atoms with E-state index in [0.29, 0.717) is 6.04 Å². The fourth-order valence-electron chi connectivity index (χ4n) is 2.15. The number of hydrogen-bond acceptors (Lipinski definition) is 4. The van der Waals surface area contributed by atoms with Crippen LogP contribution >= 0.6 is 0 Å². The molecule has 0 radical (unpaired) electrons. The van der Waals surface area contributed by atoms with Crippen molar-refractivity contribution in [3.8, 4) is 0 Å². The minimum absolute atomic E-state index is 0.429. The number of pyridine rings is 1. The molecule has 1 unspecified atom stereocenters. The highest BCUT2D eigenvalue weighted by Gasteiger charge is 2.30. The first-order valence-electron chi connectivity index (χ1n) is 5.60. The van der Waals surface area contributed by atoms with Gasteiger partial charge in [0.05, 0.1) is 23.3 Å². The maximum absolute atomic E-state index is 5.46. The average Bonchev–Trinajstić information content (AvgIpc) is 3.07. The molecular formula is C11H15N5. The molecule has 0 saturated heterocycles. The van der Waals surface area contributed by atoms with Crippen LogP contribution in [0.5, 0.6) is 0 Å². The lowest BCUT2D eigenvalue weighted by Crippen LogP contribution is -2.10. The standard InChI is InChI=1S/C11H15N5/c1-7(8-2-3-8)16-11-9(6-14-16)10(15-12)4-5-13-11/h4-8H,2-3,12H2,1H3,(H,13,15). The van der Waals surface area contributed by atoms with Gasteiger partial charge in [-0.05, 0) is 31.7 Å². The molecule has 2 heterocycles. The summed E-state index contributed by atoms with van der Waals surface area (Å²) in [6.45, 7) is 2.20. The predicted molar refractivity (Wildman–Crippen MR) is 62.8 cm³/mol. The lowest BCUT2D eigenvalue weighted by atomic mass is 10.2. The number of hydrazine groups is 1. The number of aromatic nitrogens is 3. The quantitative estimate of drug-likeness (QED) is 0.606. The van der Waals surface area contributed by atoms with Crippen LogP contribution < -0.4 is 11.3 Å². The SMILES string of the molecule is CC(C1CC1)n1ncc2c(NN)ccnc21. The number of nitrogen functional groups attached to an aromatic ring is 1. The van der Waals surface area contributed by atoms with Crippen molar-refractivity contribution in [1.29, 1.82) is 0 Å². The Balaban J connectivity index is 2.12. The van der Waals surface area contributed by atoms with Crippen LogP contribution in [-0.4, -0.2) is 14.8 Å². The number of anilines is 1. The molecule has 0 amide bonds. The van der Waals surface area contributed by atoms with Crippen molar-refractivity contribution in [1.82, 2.24) is 14.8 Å². The molecule has 0 aromatic carbocycles. The predicted octanol–water partition coefficient (Wildman–Crippen LogP) is 1.69. The zero-order chi connectivity index (χ0) is 11.1. The molecule has 0 spiro atoms. The second-order valence-corrected chi connectivity index (χ2v) is 4.41. The molecule has 16 heavy (non-hydrogen) atoms. The molecule has 84 valence electrons. The first-order valence-corrected chi connectivity index (χ1v) is 5.60. The minimum Gasteiger partial charge on any atom is -0.323 e. The van der Waals surface area contributed by atoms with E-state index < -0.39 is 0 Å². The molecule has 2 aromatic heterocycles. The molecule has 5 heteroatoms. The maximum Gasteiger partial charge on any atom is 0.160 e. The molecule has 1 fully saturated rings. The van der Waals surface area contributed by atoms with Gasteiger partial charge in [-0.2, -0.15) is 5.10 Å². The van der Waals surface area contributed by atoms with Crippen LogP contribution in [0, 0.1) is 5.92 Å². The normalized spacial score (nSPS) is 17.6. The van der Waals surface area contributed by atoms with Gasteiger partial charge in [-0.25, -0.2) is 9.67 Å². The molecule has 5 nitrogen and oxygen atoms in total. The van der Waals surface area contributed by atoms with Crippen molar-refractivity contribution in [2.45, 2.75) is 25.8 Å². The van der Waals surface area contributed by atoms with Crippen LogP contribution in [0.4, 0.5) is 5.69 Å². The summed E-state index contributed by atoms with van der Waals surface area (Å²) in [5.74, 6) is 6.22. The van der Waals surface area contributed by atoms with E-state index >= 15 is 0 Å². The third kappa shape index (κ3) is 1.36. The summed E-state index contributed by atoms with van der Waals surface area (Å²) < 4.78 is 2.01. The maximum atomic E-state index is 5.46. The van der Waals surface area contributed by atoms with E-state index in [1.165, 1.54) is 12.8 Å². The lowest BCUT2D eigenvalue weighted by Gasteiger charge is -2.11. The Morgan fingerprint density at radius 2 is 2.38 bits per heavy atom. The third-order valence-corrected chi connectivity index (χ3v) is 3.34. The monoisotopic (exact) mass is 217 g/mol. The molecule has 2 aromatic rings. The van der Waals surface area contributed by atoms with Gasteiger partial charge in [-0.3, -0.25) is 5.84 Å². The van der Waals surface area contributed by atoms with Crippen LogP contribution in [0.15, 0.2) is 18.5 Å². The largest absolute Gasteiger partial charge is 0.323 e. The molecule has 1 saturated carbocycles. The van der Waals surface area contributed by atoms with Gasteiger partial charge in [0.25, 0.3) is 0 Å². The highest BCUT2D eigenvalue weighted by Crippen LogP contribution is 2.40. The number of hydrogen-bond donors (Lipinski definition) is 2.